The van der Waals surface area contributed by atoms with E-state index in [1.54, 1.807) is 0 Å². The molecule has 0 spiro atoms. The summed E-state index contributed by atoms with van der Waals surface area (Å²) in [6, 6.07) is 5.09. The van der Waals surface area contributed by atoms with Gasteiger partial charge in [-0.05, 0) is 37.5 Å². The quantitative estimate of drug-likeness (QED) is 0.748. The number of carboxylic acid groups (broad SMARTS) is 1. The van der Waals surface area contributed by atoms with Gasteiger partial charge in [-0.1, -0.05) is 25.5 Å². The fourth-order valence-corrected chi connectivity index (χ4v) is 2.00. The van der Waals surface area contributed by atoms with Crippen LogP contribution in [0.25, 0.3) is 0 Å². The second kappa shape index (κ2) is 7.53. The molecule has 3 N–H and O–H groups in total. The number of benzene rings is 1. The molecule has 1 aromatic carbocycles. The second-order valence-electron chi connectivity index (χ2n) is 5.00. The zero-order valence-electron chi connectivity index (χ0n) is 12.2. The number of hydrogen-bond acceptors (Lipinski definition) is 2. The first kappa shape index (κ1) is 16.0. The van der Waals surface area contributed by atoms with Crippen LogP contribution in [0.4, 0.5) is 10.5 Å². The van der Waals surface area contributed by atoms with Crippen LogP contribution in [-0.4, -0.2) is 23.1 Å². The zero-order valence-corrected chi connectivity index (χ0v) is 12.2. The van der Waals surface area contributed by atoms with Gasteiger partial charge in [0.05, 0.1) is 6.42 Å². The maximum Gasteiger partial charge on any atom is 0.319 e. The van der Waals surface area contributed by atoms with Gasteiger partial charge in [-0.25, -0.2) is 4.79 Å². The highest BCUT2D eigenvalue weighted by atomic mass is 16.4. The van der Waals surface area contributed by atoms with Crippen LogP contribution in [0.15, 0.2) is 18.2 Å². The van der Waals surface area contributed by atoms with Crippen LogP contribution in [0.2, 0.25) is 0 Å². The number of aliphatic carboxylic acids is 1. The van der Waals surface area contributed by atoms with Crippen molar-refractivity contribution in [3.8, 4) is 0 Å². The third-order valence-corrected chi connectivity index (χ3v) is 3.03. The van der Waals surface area contributed by atoms with Crippen molar-refractivity contribution in [2.24, 2.45) is 0 Å². The number of amides is 2. The molecule has 0 fully saturated rings. The summed E-state index contributed by atoms with van der Waals surface area (Å²) in [6.07, 6.45) is 1.41. The van der Waals surface area contributed by atoms with Crippen molar-refractivity contribution in [2.45, 2.75) is 46.1 Å². The van der Waals surface area contributed by atoms with E-state index in [9.17, 15) is 9.59 Å². The van der Waals surface area contributed by atoms with Gasteiger partial charge in [0.15, 0.2) is 0 Å². The SMILES string of the molecule is CCCC(CC(=O)O)NC(=O)Nc1cc(C)ccc1C. The van der Waals surface area contributed by atoms with Crippen LogP contribution in [0.5, 0.6) is 0 Å². The summed E-state index contributed by atoms with van der Waals surface area (Å²) in [7, 11) is 0. The van der Waals surface area contributed by atoms with Gasteiger partial charge in [0.25, 0.3) is 0 Å². The molecular formula is C15H22N2O3. The van der Waals surface area contributed by atoms with E-state index in [-0.39, 0.29) is 18.5 Å². The highest BCUT2D eigenvalue weighted by Gasteiger charge is 2.15. The summed E-state index contributed by atoms with van der Waals surface area (Å²) in [5, 5.41) is 14.3. The molecule has 110 valence electrons. The van der Waals surface area contributed by atoms with Crippen LogP contribution in [-0.2, 0) is 4.79 Å². The maximum atomic E-state index is 11.9. The lowest BCUT2D eigenvalue weighted by Gasteiger charge is -2.17. The average Bonchev–Trinajstić information content (AvgIpc) is 2.33. The summed E-state index contributed by atoms with van der Waals surface area (Å²) < 4.78 is 0. The molecule has 1 unspecified atom stereocenters. The van der Waals surface area contributed by atoms with Crippen LogP contribution in [0, 0.1) is 13.8 Å². The number of aryl methyl sites for hydroxylation is 2. The number of carbonyl (C=O) groups is 2. The Kier molecular flexibility index (Phi) is 6.03. The lowest BCUT2D eigenvalue weighted by molar-refractivity contribution is -0.137. The highest BCUT2D eigenvalue weighted by molar-refractivity contribution is 5.90. The fraction of sp³-hybridized carbons (Fsp3) is 0.467. The van der Waals surface area contributed by atoms with E-state index >= 15 is 0 Å². The molecule has 0 aromatic heterocycles. The molecule has 0 radical (unpaired) electrons. The molecule has 1 aromatic rings. The molecule has 2 amide bonds. The minimum absolute atomic E-state index is 0.0614. The van der Waals surface area contributed by atoms with E-state index in [2.05, 4.69) is 10.6 Å². The number of carboxylic acids is 1. The fourth-order valence-electron chi connectivity index (χ4n) is 2.00. The topological polar surface area (TPSA) is 78.4 Å². The van der Waals surface area contributed by atoms with Crippen molar-refractivity contribution >= 4 is 17.7 Å². The van der Waals surface area contributed by atoms with Crippen molar-refractivity contribution in [1.29, 1.82) is 0 Å². The zero-order chi connectivity index (χ0) is 15.1. The first-order valence-corrected chi connectivity index (χ1v) is 6.79. The van der Waals surface area contributed by atoms with Gasteiger partial charge in [0.2, 0.25) is 0 Å². The van der Waals surface area contributed by atoms with Gasteiger partial charge in [0, 0.05) is 11.7 Å². The lowest BCUT2D eigenvalue weighted by Crippen LogP contribution is -2.39. The maximum absolute atomic E-state index is 11.9. The summed E-state index contributed by atoms with van der Waals surface area (Å²) in [6.45, 7) is 5.82. The summed E-state index contributed by atoms with van der Waals surface area (Å²) >= 11 is 0. The molecule has 1 rings (SSSR count). The predicted molar refractivity (Wildman–Crippen MR) is 79.0 cm³/mol. The highest BCUT2D eigenvalue weighted by Crippen LogP contribution is 2.16. The number of rotatable bonds is 6. The Morgan fingerprint density at radius 1 is 1.30 bits per heavy atom. The van der Waals surface area contributed by atoms with Crippen LogP contribution < -0.4 is 10.6 Å². The lowest BCUT2D eigenvalue weighted by atomic mass is 10.1. The number of nitrogens with one attached hydrogen (secondary N) is 2. The van der Waals surface area contributed by atoms with E-state index < -0.39 is 5.97 Å². The third kappa shape index (κ3) is 5.30. The molecular weight excluding hydrogens is 256 g/mol. The predicted octanol–water partition coefficient (Wildman–Crippen LogP) is 3.07. The summed E-state index contributed by atoms with van der Waals surface area (Å²) in [4.78, 5) is 22.7. The van der Waals surface area contributed by atoms with E-state index in [1.165, 1.54) is 0 Å². The van der Waals surface area contributed by atoms with E-state index in [1.807, 2.05) is 39.0 Å². The van der Waals surface area contributed by atoms with Crippen molar-refractivity contribution in [2.75, 3.05) is 5.32 Å². The first-order chi connectivity index (χ1) is 9.42. The van der Waals surface area contributed by atoms with Gasteiger partial charge < -0.3 is 15.7 Å². The molecule has 0 saturated heterocycles. The van der Waals surface area contributed by atoms with Crippen LogP contribution >= 0.6 is 0 Å². The van der Waals surface area contributed by atoms with Gasteiger partial charge in [-0.3, -0.25) is 4.79 Å². The molecule has 1 atom stereocenters. The molecule has 0 saturated carbocycles. The minimum Gasteiger partial charge on any atom is -0.481 e. The van der Waals surface area contributed by atoms with Crippen molar-refractivity contribution in [1.82, 2.24) is 5.32 Å². The Labute approximate surface area is 119 Å². The average molecular weight is 278 g/mol. The second-order valence-corrected chi connectivity index (χ2v) is 5.00. The summed E-state index contributed by atoms with van der Waals surface area (Å²) in [5.74, 6) is -0.907. The monoisotopic (exact) mass is 278 g/mol. The van der Waals surface area contributed by atoms with Crippen molar-refractivity contribution in [3.63, 3.8) is 0 Å². The molecule has 0 aliphatic carbocycles. The van der Waals surface area contributed by atoms with Gasteiger partial charge in [-0.15, -0.1) is 0 Å². The van der Waals surface area contributed by atoms with E-state index in [0.717, 1.165) is 23.2 Å². The molecule has 0 aliphatic rings. The Morgan fingerprint density at radius 3 is 2.60 bits per heavy atom. The molecule has 0 aliphatic heterocycles. The third-order valence-electron chi connectivity index (χ3n) is 3.03. The van der Waals surface area contributed by atoms with Crippen LogP contribution in [0.3, 0.4) is 0 Å². The van der Waals surface area contributed by atoms with Crippen molar-refractivity contribution in [3.05, 3.63) is 29.3 Å². The van der Waals surface area contributed by atoms with Gasteiger partial charge in [0.1, 0.15) is 0 Å². The minimum atomic E-state index is -0.907. The van der Waals surface area contributed by atoms with Gasteiger partial charge >= 0.3 is 12.0 Å². The van der Waals surface area contributed by atoms with Crippen LogP contribution in [0.1, 0.15) is 37.3 Å². The smallest absolute Gasteiger partial charge is 0.319 e. The first-order valence-electron chi connectivity index (χ1n) is 6.79. The Bertz CT molecular complexity index is 486. The molecule has 0 heterocycles. The van der Waals surface area contributed by atoms with E-state index in [4.69, 9.17) is 5.11 Å². The van der Waals surface area contributed by atoms with Gasteiger partial charge in [-0.2, -0.15) is 0 Å². The van der Waals surface area contributed by atoms with Crippen molar-refractivity contribution < 1.29 is 14.7 Å². The molecule has 5 nitrogen and oxygen atoms in total. The molecule has 0 bridgehead atoms. The Hall–Kier alpha value is -2.04. The molecule has 20 heavy (non-hydrogen) atoms. The number of anilines is 1. The number of hydrogen-bond donors (Lipinski definition) is 3. The number of urea groups is 1. The largest absolute Gasteiger partial charge is 0.481 e. The normalized spacial score (nSPS) is 11.8. The summed E-state index contributed by atoms with van der Waals surface area (Å²) in [5.41, 5.74) is 2.77. The van der Waals surface area contributed by atoms with E-state index in [0.29, 0.717) is 6.42 Å². The number of carbonyl (C=O) groups excluding carboxylic acids is 1. The molecule has 5 heteroatoms. The Morgan fingerprint density at radius 2 is 2.00 bits per heavy atom. The Balaban J connectivity index is 2.65. The standard InChI is InChI=1S/C15H22N2O3/c1-4-5-12(9-14(18)19)16-15(20)17-13-8-10(2)6-7-11(13)3/h6-8,12H,4-5,9H2,1-3H3,(H,18,19)(H2,16,17,20).